The highest BCUT2D eigenvalue weighted by molar-refractivity contribution is 7.98. The number of rotatable bonds is 5. The van der Waals surface area contributed by atoms with Crippen LogP contribution in [0.4, 0.5) is 0 Å². The molecule has 0 aliphatic heterocycles. The Hall–Kier alpha value is -1.47. The number of thioether (sulfide) groups is 1. The number of nitrogens with zero attached hydrogens (tertiary/aromatic N) is 3. The molecule has 1 aliphatic rings. The van der Waals surface area contributed by atoms with E-state index in [0.717, 1.165) is 40.1 Å². The van der Waals surface area contributed by atoms with E-state index in [1.807, 2.05) is 32.4 Å². The van der Waals surface area contributed by atoms with Gasteiger partial charge in [-0.15, -0.1) is 23.1 Å². The fraction of sp³-hybridized carbons (Fsp3) is 0.500. The van der Waals surface area contributed by atoms with Crippen LogP contribution in [0, 0.1) is 13.8 Å². The van der Waals surface area contributed by atoms with Crippen LogP contribution in [0.25, 0.3) is 0 Å². The smallest absolute Gasteiger partial charge is 0.256 e. The third-order valence-corrected chi connectivity index (χ3v) is 5.34. The molecule has 0 spiro atoms. The minimum Gasteiger partial charge on any atom is -0.344 e. The number of carbonyl (C=O) groups excluding carboxylic acids is 1. The standard InChI is InChI=1S/C16H20N4OS2/c1-8(12-7-23-10(3)19-12)18-15(21)13-9(2)17-14(11-5-6-11)20-16(13)22-4/h7-8,11H,5-6H2,1-4H3,(H,18,21)/t8-/m1/s1. The molecule has 3 rings (SSSR count). The maximum atomic E-state index is 12.7. The third-order valence-electron chi connectivity index (χ3n) is 3.86. The van der Waals surface area contributed by atoms with Crippen LogP contribution in [0.5, 0.6) is 0 Å². The molecule has 0 unspecified atom stereocenters. The lowest BCUT2D eigenvalue weighted by molar-refractivity contribution is 0.0934. The third kappa shape index (κ3) is 3.55. The zero-order chi connectivity index (χ0) is 16.6. The van der Waals surface area contributed by atoms with Gasteiger partial charge in [-0.05, 0) is 39.9 Å². The first-order chi connectivity index (χ1) is 11.0. The van der Waals surface area contributed by atoms with Crippen LogP contribution in [0.2, 0.25) is 0 Å². The van der Waals surface area contributed by atoms with E-state index in [4.69, 9.17) is 0 Å². The topological polar surface area (TPSA) is 67.8 Å². The Morgan fingerprint density at radius 2 is 2.09 bits per heavy atom. The first-order valence-electron chi connectivity index (χ1n) is 7.65. The van der Waals surface area contributed by atoms with Gasteiger partial charge in [0.15, 0.2) is 0 Å². The molecule has 122 valence electrons. The van der Waals surface area contributed by atoms with E-state index in [1.54, 1.807) is 11.3 Å². The first-order valence-corrected chi connectivity index (χ1v) is 9.75. The van der Waals surface area contributed by atoms with E-state index in [0.29, 0.717) is 11.5 Å². The largest absolute Gasteiger partial charge is 0.344 e. The number of aryl methyl sites for hydroxylation is 2. The summed E-state index contributed by atoms with van der Waals surface area (Å²) in [6.07, 6.45) is 4.25. The molecule has 2 aromatic rings. The number of hydrogen-bond donors (Lipinski definition) is 1. The zero-order valence-corrected chi connectivity index (χ0v) is 15.3. The summed E-state index contributed by atoms with van der Waals surface area (Å²) in [7, 11) is 0. The molecule has 2 aromatic heterocycles. The number of nitrogens with one attached hydrogen (secondary N) is 1. The molecule has 0 aromatic carbocycles. The van der Waals surface area contributed by atoms with Gasteiger partial charge in [-0.2, -0.15) is 0 Å². The Morgan fingerprint density at radius 1 is 1.35 bits per heavy atom. The maximum absolute atomic E-state index is 12.7. The van der Waals surface area contributed by atoms with Gasteiger partial charge in [0.2, 0.25) is 0 Å². The molecular weight excluding hydrogens is 328 g/mol. The molecule has 0 saturated heterocycles. The van der Waals surface area contributed by atoms with Crippen LogP contribution in [-0.2, 0) is 0 Å². The average Bonchev–Trinajstić information content (AvgIpc) is 3.27. The summed E-state index contributed by atoms with van der Waals surface area (Å²) < 4.78 is 0. The Balaban J connectivity index is 1.83. The molecule has 1 N–H and O–H groups in total. The molecule has 0 radical (unpaired) electrons. The molecule has 1 amide bonds. The van der Waals surface area contributed by atoms with E-state index in [9.17, 15) is 4.79 Å². The molecule has 5 nitrogen and oxygen atoms in total. The van der Waals surface area contributed by atoms with Crippen molar-refractivity contribution >= 4 is 29.0 Å². The van der Waals surface area contributed by atoms with E-state index in [-0.39, 0.29) is 11.9 Å². The van der Waals surface area contributed by atoms with Crippen molar-refractivity contribution in [3.8, 4) is 0 Å². The summed E-state index contributed by atoms with van der Waals surface area (Å²) in [5, 5.41) is 6.76. The molecule has 23 heavy (non-hydrogen) atoms. The molecule has 1 fully saturated rings. The number of amides is 1. The van der Waals surface area contributed by atoms with Crippen LogP contribution in [-0.4, -0.2) is 27.1 Å². The van der Waals surface area contributed by atoms with Crippen molar-refractivity contribution in [1.29, 1.82) is 0 Å². The molecule has 7 heteroatoms. The van der Waals surface area contributed by atoms with Crippen molar-refractivity contribution in [2.75, 3.05) is 6.26 Å². The Labute approximate surface area is 144 Å². The lowest BCUT2D eigenvalue weighted by Crippen LogP contribution is -2.29. The summed E-state index contributed by atoms with van der Waals surface area (Å²) in [5.41, 5.74) is 2.23. The number of hydrogen-bond acceptors (Lipinski definition) is 6. The summed E-state index contributed by atoms with van der Waals surface area (Å²) >= 11 is 3.09. The summed E-state index contributed by atoms with van der Waals surface area (Å²) in [6.45, 7) is 5.79. The second-order valence-electron chi connectivity index (χ2n) is 5.81. The fourth-order valence-corrected chi connectivity index (χ4v) is 3.76. The van der Waals surface area contributed by atoms with Gasteiger partial charge >= 0.3 is 0 Å². The molecule has 1 saturated carbocycles. The van der Waals surface area contributed by atoms with Crippen molar-refractivity contribution in [3.63, 3.8) is 0 Å². The molecule has 0 bridgehead atoms. The summed E-state index contributed by atoms with van der Waals surface area (Å²) in [5.74, 6) is 1.23. The van der Waals surface area contributed by atoms with Gasteiger partial charge in [-0.1, -0.05) is 0 Å². The van der Waals surface area contributed by atoms with Gasteiger partial charge in [-0.3, -0.25) is 4.79 Å². The highest BCUT2D eigenvalue weighted by atomic mass is 32.2. The number of carbonyl (C=O) groups is 1. The van der Waals surface area contributed by atoms with E-state index in [1.165, 1.54) is 11.8 Å². The fourth-order valence-electron chi connectivity index (χ4n) is 2.42. The quantitative estimate of drug-likeness (QED) is 0.660. The summed E-state index contributed by atoms with van der Waals surface area (Å²) in [4.78, 5) is 26.3. The van der Waals surface area contributed by atoms with E-state index in [2.05, 4.69) is 20.3 Å². The SMILES string of the molecule is CSc1nc(C2CC2)nc(C)c1C(=O)N[C@H](C)c1csc(C)n1. The molecule has 1 atom stereocenters. The van der Waals surface area contributed by atoms with E-state index >= 15 is 0 Å². The minimum atomic E-state index is -0.135. The van der Waals surface area contributed by atoms with Gasteiger partial charge in [0, 0.05) is 11.3 Å². The van der Waals surface area contributed by atoms with Gasteiger partial charge < -0.3 is 5.32 Å². The molecule has 2 heterocycles. The lowest BCUT2D eigenvalue weighted by atomic mass is 10.2. The van der Waals surface area contributed by atoms with Crippen LogP contribution in [0.15, 0.2) is 10.4 Å². The maximum Gasteiger partial charge on any atom is 0.256 e. The van der Waals surface area contributed by atoms with Gasteiger partial charge in [0.05, 0.1) is 28.0 Å². The van der Waals surface area contributed by atoms with Gasteiger partial charge in [0.1, 0.15) is 10.9 Å². The predicted molar refractivity (Wildman–Crippen MR) is 93.3 cm³/mol. The lowest BCUT2D eigenvalue weighted by Gasteiger charge is -2.15. The molecule has 1 aliphatic carbocycles. The van der Waals surface area contributed by atoms with Crippen molar-refractivity contribution in [2.24, 2.45) is 0 Å². The van der Waals surface area contributed by atoms with Crippen molar-refractivity contribution < 1.29 is 4.79 Å². The van der Waals surface area contributed by atoms with Gasteiger partial charge in [0.25, 0.3) is 5.91 Å². The van der Waals surface area contributed by atoms with Gasteiger partial charge in [-0.25, -0.2) is 15.0 Å². The highest BCUT2D eigenvalue weighted by Gasteiger charge is 2.29. The Bertz CT molecular complexity index is 740. The van der Waals surface area contributed by atoms with Crippen LogP contribution < -0.4 is 5.32 Å². The monoisotopic (exact) mass is 348 g/mol. The zero-order valence-electron chi connectivity index (χ0n) is 13.7. The highest BCUT2D eigenvalue weighted by Crippen LogP contribution is 2.39. The van der Waals surface area contributed by atoms with Crippen molar-refractivity contribution in [3.05, 3.63) is 33.2 Å². The predicted octanol–water partition coefficient (Wildman–Crippen LogP) is 3.64. The number of thiazole rings is 1. The molecular formula is C16H20N4OS2. The number of aromatic nitrogens is 3. The Morgan fingerprint density at radius 3 is 2.65 bits per heavy atom. The Kier molecular flexibility index (Phi) is 4.68. The van der Waals surface area contributed by atoms with Crippen molar-refractivity contribution in [2.45, 2.75) is 50.6 Å². The van der Waals surface area contributed by atoms with E-state index < -0.39 is 0 Å². The normalized spacial score (nSPS) is 15.5. The van der Waals surface area contributed by atoms with Crippen molar-refractivity contribution in [1.82, 2.24) is 20.3 Å². The second-order valence-corrected chi connectivity index (χ2v) is 7.67. The van der Waals surface area contributed by atoms with Crippen LogP contribution >= 0.6 is 23.1 Å². The van der Waals surface area contributed by atoms with Crippen LogP contribution in [0.3, 0.4) is 0 Å². The minimum absolute atomic E-state index is 0.132. The second kappa shape index (κ2) is 6.57. The first kappa shape index (κ1) is 16.4. The average molecular weight is 348 g/mol. The summed E-state index contributed by atoms with van der Waals surface area (Å²) in [6, 6.07) is -0.135. The van der Waals surface area contributed by atoms with Crippen LogP contribution in [0.1, 0.15) is 64.3 Å².